The number of nitrogens with one attached hydrogen (secondary N) is 3. The highest BCUT2D eigenvalue weighted by atomic mass is 32.2. The molecule has 6 rings (SSSR count). The number of hydrogen-bond donors (Lipinski definition) is 4. The van der Waals surface area contributed by atoms with E-state index in [0.717, 1.165) is 11.1 Å². The quantitative estimate of drug-likeness (QED) is 0.311. The molecule has 3 aliphatic heterocycles. The molecule has 5 aliphatic rings. The fraction of sp³-hybridized carbons (Fsp3) is 0.684. The number of cyclic esters (lactones) is 1. The zero-order valence-electron chi connectivity index (χ0n) is 32.1. The van der Waals surface area contributed by atoms with Crippen molar-refractivity contribution in [3.8, 4) is 5.75 Å². The minimum absolute atomic E-state index is 0.0273. The molecule has 3 fully saturated rings. The zero-order valence-corrected chi connectivity index (χ0v) is 32.9. The molecule has 4 amide bonds. The van der Waals surface area contributed by atoms with E-state index in [1.54, 1.807) is 25.7 Å². The zero-order chi connectivity index (χ0) is 39.2. The van der Waals surface area contributed by atoms with Crippen molar-refractivity contribution in [1.82, 2.24) is 25.2 Å². The number of nitrogens with zero attached hydrogens (tertiary/aromatic N) is 2. The summed E-state index contributed by atoms with van der Waals surface area (Å²) in [6, 6.07) is 3.44. The van der Waals surface area contributed by atoms with E-state index < -0.39 is 80.1 Å². The fourth-order valence-electron chi connectivity index (χ4n) is 7.55. The first-order valence-corrected chi connectivity index (χ1v) is 20.5. The van der Waals surface area contributed by atoms with Crippen LogP contribution in [0.2, 0.25) is 0 Å². The maximum absolute atomic E-state index is 14.5. The molecule has 1 aromatic carbocycles. The number of fused-ring (bicyclic) bond motifs is 3. The standard InChI is InChI=1S/C38H55N5O10S/c1-7-24-18-38(24,33(46)41-54(49,50)26-13-14-26)40-31(44)28-17-25-20-43(28)32(45)30(36(2,3)4)39-34(47)52-22-37(5,6)15-8-9-16-51-29-12-10-11-23-19-42(21-27(23)29)35(48)53-25/h8-12,24-26,28,30,35,48H,7,13-22H2,1-6H3,(H,39,47)(H,40,44)(H,41,46)/b9-8+/t24-,25+,28?,30+,35?,38-/m0/s1. The Hall–Kier alpha value is -3.73. The Labute approximate surface area is 317 Å². The van der Waals surface area contributed by atoms with Crippen molar-refractivity contribution in [2.24, 2.45) is 16.7 Å². The van der Waals surface area contributed by atoms with Crippen LogP contribution in [0.15, 0.2) is 30.4 Å². The van der Waals surface area contributed by atoms with Gasteiger partial charge in [0.25, 0.3) is 5.91 Å². The number of carbonyl (C=O) groups excluding carboxylic acids is 4. The number of benzene rings is 1. The van der Waals surface area contributed by atoms with Crippen molar-refractivity contribution >= 4 is 33.8 Å². The highest BCUT2D eigenvalue weighted by Gasteiger charge is 2.62. The second-order valence-electron chi connectivity index (χ2n) is 17.2. The third-order valence-electron chi connectivity index (χ3n) is 11.1. The number of hydrogen-bond acceptors (Lipinski definition) is 11. The third kappa shape index (κ3) is 8.71. The molecule has 16 heteroatoms. The van der Waals surface area contributed by atoms with E-state index in [-0.39, 0.29) is 31.9 Å². The van der Waals surface area contributed by atoms with Crippen LogP contribution in [-0.4, -0.2) is 102 Å². The maximum Gasteiger partial charge on any atom is 0.407 e. The first-order chi connectivity index (χ1) is 25.3. The lowest BCUT2D eigenvalue weighted by atomic mass is 9.85. The maximum atomic E-state index is 14.5. The molecular weight excluding hydrogens is 719 g/mol. The Morgan fingerprint density at radius 2 is 1.83 bits per heavy atom. The highest BCUT2D eigenvalue weighted by molar-refractivity contribution is 7.91. The van der Waals surface area contributed by atoms with Gasteiger partial charge in [-0.05, 0) is 48.6 Å². The smallest absolute Gasteiger partial charge is 0.407 e. The lowest BCUT2D eigenvalue weighted by Crippen LogP contribution is -2.60. The lowest BCUT2D eigenvalue weighted by molar-refractivity contribution is -0.218. The van der Waals surface area contributed by atoms with E-state index in [1.807, 2.05) is 51.1 Å². The molecular formula is C38H55N5O10S. The Balaban J connectivity index is 1.28. The molecule has 0 spiro atoms. The summed E-state index contributed by atoms with van der Waals surface area (Å²) in [6.07, 6.45) is 3.14. The van der Waals surface area contributed by atoms with Crippen LogP contribution < -0.4 is 20.1 Å². The van der Waals surface area contributed by atoms with Gasteiger partial charge in [0.2, 0.25) is 28.3 Å². The number of ether oxygens (including phenoxy) is 3. The van der Waals surface area contributed by atoms with Gasteiger partial charge >= 0.3 is 6.09 Å². The Kier molecular flexibility index (Phi) is 11.2. The number of sulfonamides is 1. The predicted octanol–water partition coefficient (Wildman–Crippen LogP) is 2.66. The van der Waals surface area contributed by atoms with Crippen LogP contribution in [0.25, 0.3) is 0 Å². The van der Waals surface area contributed by atoms with Gasteiger partial charge in [0.1, 0.15) is 30.0 Å². The molecule has 7 atom stereocenters. The van der Waals surface area contributed by atoms with Crippen molar-refractivity contribution in [3.63, 3.8) is 0 Å². The first kappa shape index (κ1) is 39.9. The van der Waals surface area contributed by atoms with Crippen LogP contribution in [0.5, 0.6) is 5.75 Å². The monoisotopic (exact) mass is 773 g/mol. The minimum atomic E-state index is -3.88. The van der Waals surface area contributed by atoms with Crippen molar-refractivity contribution in [3.05, 3.63) is 41.5 Å². The number of aliphatic hydroxyl groups is 1. The lowest BCUT2D eigenvalue weighted by Gasteiger charge is -2.35. The van der Waals surface area contributed by atoms with E-state index in [0.29, 0.717) is 51.1 Å². The Bertz CT molecular complexity index is 1770. The average molecular weight is 774 g/mol. The van der Waals surface area contributed by atoms with Crippen molar-refractivity contribution in [2.75, 3.05) is 19.8 Å². The van der Waals surface area contributed by atoms with Crippen molar-refractivity contribution in [2.45, 2.75) is 129 Å². The summed E-state index contributed by atoms with van der Waals surface area (Å²) >= 11 is 0. The van der Waals surface area contributed by atoms with Gasteiger partial charge < -0.3 is 34.9 Å². The molecule has 2 aliphatic carbocycles. The number of alkyl carbamates (subject to hydrolysis) is 1. The Morgan fingerprint density at radius 3 is 2.50 bits per heavy atom. The van der Waals surface area contributed by atoms with Crippen molar-refractivity contribution < 1.29 is 46.9 Å². The van der Waals surface area contributed by atoms with Gasteiger partial charge in [0.15, 0.2) is 0 Å². The van der Waals surface area contributed by atoms with Crippen LogP contribution in [0.3, 0.4) is 0 Å². The summed E-state index contributed by atoms with van der Waals surface area (Å²) in [5, 5.41) is 16.3. The number of aliphatic hydroxyl groups excluding tert-OH is 1. The first-order valence-electron chi connectivity index (χ1n) is 18.9. The van der Waals surface area contributed by atoms with Gasteiger partial charge in [0, 0.05) is 37.0 Å². The molecule has 3 unspecified atom stereocenters. The summed E-state index contributed by atoms with van der Waals surface area (Å²) in [4.78, 5) is 58.6. The van der Waals surface area contributed by atoms with Gasteiger partial charge in [-0.2, -0.15) is 0 Å². The summed E-state index contributed by atoms with van der Waals surface area (Å²) < 4.78 is 45.5. The summed E-state index contributed by atoms with van der Waals surface area (Å²) in [5.74, 6) is -1.64. The molecule has 4 N–H and O–H groups in total. The fourth-order valence-corrected chi connectivity index (χ4v) is 8.92. The molecule has 2 saturated carbocycles. The third-order valence-corrected chi connectivity index (χ3v) is 12.9. The van der Waals surface area contributed by atoms with E-state index >= 15 is 0 Å². The Morgan fingerprint density at radius 1 is 1.09 bits per heavy atom. The van der Waals surface area contributed by atoms with Gasteiger partial charge in [0.05, 0.1) is 18.0 Å². The van der Waals surface area contributed by atoms with Crippen LogP contribution in [0.4, 0.5) is 4.79 Å². The molecule has 1 saturated heterocycles. The van der Waals surface area contributed by atoms with Crippen LogP contribution in [-0.2, 0) is 47.0 Å². The second-order valence-corrected chi connectivity index (χ2v) is 19.2. The van der Waals surface area contributed by atoms with E-state index in [9.17, 15) is 32.7 Å². The van der Waals surface area contributed by atoms with E-state index in [1.165, 1.54) is 4.90 Å². The normalized spacial score (nSPS) is 32.3. The number of amides is 4. The molecule has 54 heavy (non-hydrogen) atoms. The molecule has 1 aromatic rings. The molecule has 15 nitrogen and oxygen atoms in total. The predicted molar refractivity (Wildman–Crippen MR) is 197 cm³/mol. The SMILES string of the molecule is CC[C@H]1C[C@@]1(NC(=O)C1C[C@@H]2CN1C(=O)[C@H](C(C)(C)C)NC(=O)OCC(C)(C)C/C=C/COc1cccc3c1CN(C3)C(O)O2)C(=O)NS(=O)(=O)C1CC1. The summed E-state index contributed by atoms with van der Waals surface area (Å²) in [7, 11) is -3.88. The van der Waals surface area contributed by atoms with Gasteiger partial charge in [-0.25, -0.2) is 18.1 Å². The van der Waals surface area contributed by atoms with Gasteiger partial charge in [-0.1, -0.05) is 72.2 Å². The largest absolute Gasteiger partial charge is 0.489 e. The van der Waals surface area contributed by atoms with Gasteiger partial charge in [-0.3, -0.25) is 19.1 Å². The second kappa shape index (κ2) is 15.1. The van der Waals surface area contributed by atoms with E-state index in [2.05, 4.69) is 15.4 Å². The highest BCUT2D eigenvalue weighted by Crippen LogP contribution is 2.47. The number of allylic oxidation sites excluding steroid dienone is 1. The van der Waals surface area contributed by atoms with E-state index in [4.69, 9.17) is 14.2 Å². The molecule has 298 valence electrons. The summed E-state index contributed by atoms with van der Waals surface area (Å²) in [6.45, 7) is 12.1. The minimum Gasteiger partial charge on any atom is -0.489 e. The molecule has 0 aromatic heterocycles. The van der Waals surface area contributed by atoms with Crippen LogP contribution >= 0.6 is 0 Å². The average Bonchev–Trinajstić information content (AvgIpc) is 3.99. The topological polar surface area (TPSA) is 193 Å². The molecule has 4 bridgehead atoms. The van der Waals surface area contributed by atoms with Crippen molar-refractivity contribution in [1.29, 1.82) is 0 Å². The van der Waals surface area contributed by atoms with Gasteiger partial charge in [-0.15, -0.1) is 0 Å². The number of rotatable bonds is 6. The molecule has 0 radical (unpaired) electrons. The molecule has 3 heterocycles. The van der Waals surface area contributed by atoms with Crippen LogP contribution in [0.1, 0.15) is 91.2 Å². The van der Waals surface area contributed by atoms with Crippen LogP contribution in [0, 0.1) is 16.7 Å². The summed E-state index contributed by atoms with van der Waals surface area (Å²) in [5.41, 5.74) is -0.817. The number of carbonyl (C=O) groups is 4.